The average molecular weight is 644 g/mol. The van der Waals surface area contributed by atoms with Crippen LogP contribution in [0.15, 0.2) is 54.6 Å². The molecular weight excluding hydrogens is 607 g/mol. The summed E-state index contributed by atoms with van der Waals surface area (Å²) in [6.45, 7) is 3.85. The molecule has 2 heterocycles. The van der Waals surface area contributed by atoms with Gasteiger partial charge in [-0.05, 0) is 69.3 Å². The quantitative estimate of drug-likeness (QED) is 0.100. The Morgan fingerprint density at radius 1 is 1.02 bits per heavy atom. The van der Waals surface area contributed by atoms with Gasteiger partial charge >= 0.3 is 5.97 Å². The third kappa shape index (κ3) is 6.50. The molecule has 5 aromatic rings. The van der Waals surface area contributed by atoms with Gasteiger partial charge < -0.3 is 19.7 Å². The summed E-state index contributed by atoms with van der Waals surface area (Å²) in [6.07, 6.45) is 2.92. The number of alkyl halides is 1. The smallest absolute Gasteiger partial charge is 0.352 e. The standard InChI is InChI=1S/C33H36Cl2N4O3.ClH/c1-21-29(27(20-34)37-38(21)3)30-26(35)16-15-25-24(32(33(40)41)39(31(25)30)18-7-6-17-36-2)13-9-19-42-28-14-8-11-22-10-4-5-12-23(22)28;/h4-5,8,10-12,14-16,36H,6-7,9,13,17-20H2,1-3H3,(H,40,41);1H. The molecule has 2 N–H and O–H groups in total. The van der Waals surface area contributed by atoms with Gasteiger partial charge in [-0.2, -0.15) is 5.10 Å². The number of unbranched alkanes of at least 4 members (excludes halogenated alkanes) is 1. The number of fused-ring (bicyclic) bond motifs is 2. The molecule has 0 unspecified atom stereocenters. The number of aryl methyl sites for hydroxylation is 3. The molecule has 43 heavy (non-hydrogen) atoms. The number of ether oxygens (including phenoxy) is 1. The number of benzene rings is 3. The van der Waals surface area contributed by atoms with Crippen LogP contribution in [-0.4, -0.2) is 45.6 Å². The summed E-state index contributed by atoms with van der Waals surface area (Å²) in [5.74, 6) is 0.0945. The molecule has 0 saturated heterocycles. The van der Waals surface area contributed by atoms with Crippen molar-refractivity contribution in [2.75, 3.05) is 20.2 Å². The van der Waals surface area contributed by atoms with E-state index in [1.54, 1.807) is 4.68 Å². The lowest BCUT2D eigenvalue weighted by Crippen LogP contribution is -2.13. The van der Waals surface area contributed by atoms with Crippen molar-refractivity contribution >= 4 is 63.3 Å². The number of carboxylic acids is 1. The van der Waals surface area contributed by atoms with Gasteiger partial charge in [0.1, 0.15) is 11.4 Å². The predicted octanol–water partition coefficient (Wildman–Crippen LogP) is 8.03. The SMILES string of the molecule is CNCCCCn1c(C(=O)O)c(CCCOc2cccc3ccccc23)c2ccc(Cl)c(-c3c(CCl)nn(C)c3C)c21.Cl. The fraction of sp³-hybridized carbons (Fsp3) is 0.333. The maximum absolute atomic E-state index is 12.9. The van der Waals surface area contributed by atoms with Gasteiger partial charge in [0.2, 0.25) is 0 Å². The van der Waals surface area contributed by atoms with Gasteiger partial charge in [0.05, 0.1) is 28.7 Å². The number of halogens is 3. The Hall–Kier alpha value is -3.23. The van der Waals surface area contributed by atoms with Crippen LogP contribution < -0.4 is 10.1 Å². The van der Waals surface area contributed by atoms with Gasteiger partial charge in [-0.25, -0.2) is 4.79 Å². The molecule has 0 spiro atoms. The number of hydrogen-bond donors (Lipinski definition) is 2. The zero-order chi connectivity index (χ0) is 29.8. The van der Waals surface area contributed by atoms with E-state index in [4.69, 9.17) is 27.9 Å². The first-order valence-electron chi connectivity index (χ1n) is 14.3. The van der Waals surface area contributed by atoms with Gasteiger partial charge in [-0.1, -0.05) is 54.1 Å². The molecule has 5 rings (SSSR count). The molecule has 0 atom stereocenters. The Bertz CT molecular complexity index is 1740. The fourth-order valence-corrected chi connectivity index (χ4v) is 6.31. The minimum atomic E-state index is -0.952. The molecular formula is C33H37Cl3N4O3. The molecule has 10 heteroatoms. The number of carbonyl (C=O) groups is 1. The number of aromatic carboxylic acids is 1. The highest BCUT2D eigenvalue weighted by atomic mass is 35.5. The fourth-order valence-electron chi connectivity index (χ4n) is 5.87. The number of hydrogen-bond acceptors (Lipinski definition) is 4. The van der Waals surface area contributed by atoms with Crippen molar-refractivity contribution in [3.63, 3.8) is 0 Å². The van der Waals surface area contributed by atoms with Gasteiger partial charge in [-0.15, -0.1) is 24.0 Å². The Labute approximate surface area is 268 Å². The van der Waals surface area contributed by atoms with E-state index in [1.807, 2.05) is 62.0 Å². The summed E-state index contributed by atoms with van der Waals surface area (Å²) in [5, 5.41) is 22.0. The van der Waals surface area contributed by atoms with Crippen LogP contribution >= 0.6 is 35.6 Å². The summed E-state index contributed by atoms with van der Waals surface area (Å²) in [4.78, 5) is 12.9. The van der Waals surface area contributed by atoms with Crippen molar-refractivity contribution in [2.24, 2.45) is 7.05 Å². The van der Waals surface area contributed by atoms with Crippen molar-refractivity contribution < 1.29 is 14.6 Å². The molecule has 3 aromatic carbocycles. The molecule has 2 aromatic heterocycles. The van der Waals surface area contributed by atoms with Crippen molar-refractivity contribution in [1.82, 2.24) is 19.7 Å². The summed E-state index contributed by atoms with van der Waals surface area (Å²) in [6, 6.07) is 18.0. The van der Waals surface area contributed by atoms with Crippen LogP contribution in [0.5, 0.6) is 5.75 Å². The molecule has 0 saturated carbocycles. The first kappa shape index (κ1) is 32.7. The predicted molar refractivity (Wildman–Crippen MR) is 179 cm³/mol. The van der Waals surface area contributed by atoms with E-state index in [9.17, 15) is 9.90 Å². The summed E-state index contributed by atoms with van der Waals surface area (Å²) in [7, 11) is 3.80. The lowest BCUT2D eigenvalue weighted by Gasteiger charge is -2.14. The third-order valence-corrected chi connectivity index (χ3v) is 8.47. The number of aromatic nitrogens is 3. The van der Waals surface area contributed by atoms with Crippen LogP contribution in [0, 0.1) is 6.92 Å². The molecule has 228 valence electrons. The topological polar surface area (TPSA) is 81.3 Å². The Kier molecular flexibility index (Phi) is 11.0. The van der Waals surface area contributed by atoms with Crippen LogP contribution in [0.3, 0.4) is 0 Å². The van der Waals surface area contributed by atoms with Crippen LogP contribution in [0.4, 0.5) is 0 Å². The Balaban J connectivity index is 0.00000423. The zero-order valence-electron chi connectivity index (χ0n) is 24.6. The zero-order valence-corrected chi connectivity index (χ0v) is 27.0. The highest BCUT2D eigenvalue weighted by Gasteiger charge is 2.28. The molecule has 0 bridgehead atoms. The van der Waals surface area contributed by atoms with Crippen LogP contribution in [0.25, 0.3) is 32.8 Å². The molecule has 0 aliphatic heterocycles. The number of nitrogens with zero attached hydrogens (tertiary/aromatic N) is 3. The van der Waals surface area contributed by atoms with Crippen LogP contribution in [0.1, 0.15) is 46.7 Å². The van der Waals surface area contributed by atoms with E-state index in [1.165, 1.54) is 0 Å². The maximum atomic E-state index is 12.9. The third-order valence-electron chi connectivity index (χ3n) is 7.90. The van der Waals surface area contributed by atoms with Crippen molar-refractivity contribution in [2.45, 2.75) is 45.0 Å². The van der Waals surface area contributed by atoms with Crippen LogP contribution in [-0.2, 0) is 25.9 Å². The van der Waals surface area contributed by atoms with E-state index in [-0.39, 0.29) is 18.3 Å². The molecule has 0 amide bonds. The Morgan fingerprint density at radius 3 is 2.53 bits per heavy atom. The van der Waals surface area contributed by atoms with E-state index in [0.717, 1.165) is 74.9 Å². The van der Waals surface area contributed by atoms with Gasteiger partial charge in [0, 0.05) is 41.2 Å². The van der Waals surface area contributed by atoms with E-state index < -0.39 is 5.97 Å². The normalized spacial score (nSPS) is 11.3. The summed E-state index contributed by atoms with van der Waals surface area (Å²) < 4.78 is 9.95. The largest absolute Gasteiger partial charge is 0.493 e. The monoisotopic (exact) mass is 642 g/mol. The lowest BCUT2D eigenvalue weighted by atomic mass is 9.98. The molecule has 0 fully saturated rings. The minimum Gasteiger partial charge on any atom is -0.493 e. The van der Waals surface area contributed by atoms with Gasteiger partial charge in [0.25, 0.3) is 0 Å². The lowest BCUT2D eigenvalue weighted by molar-refractivity contribution is 0.0684. The van der Waals surface area contributed by atoms with E-state index in [0.29, 0.717) is 36.7 Å². The molecule has 0 radical (unpaired) electrons. The highest BCUT2D eigenvalue weighted by Crippen LogP contribution is 2.42. The average Bonchev–Trinajstić information content (AvgIpc) is 3.46. The number of nitrogens with one attached hydrogen (secondary N) is 1. The minimum absolute atomic E-state index is 0. The number of carboxylic acid groups (broad SMARTS) is 1. The summed E-state index contributed by atoms with van der Waals surface area (Å²) >= 11 is 13.3. The molecule has 0 aliphatic carbocycles. The molecule has 7 nitrogen and oxygen atoms in total. The second kappa shape index (κ2) is 14.5. The maximum Gasteiger partial charge on any atom is 0.352 e. The van der Waals surface area contributed by atoms with Crippen molar-refractivity contribution in [3.05, 3.63) is 82.3 Å². The molecule has 0 aliphatic rings. The second-order valence-corrected chi connectivity index (χ2v) is 11.2. The highest BCUT2D eigenvalue weighted by molar-refractivity contribution is 6.35. The van der Waals surface area contributed by atoms with E-state index in [2.05, 4.69) is 28.6 Å². The number of rotatable bonds is 13. The van der Waals surface area contributed by atoms with E-state index >= 15 is 0 Å². The first-order valence-corrected chi connectivity index (χ1v) is 15.2. The first-order chi connectivity index (χ1) is 20.4. The second-order valence-electron chi connectivity index (χ2n) is 10.5. The van der Waals surface area contributed by atoms with Crippen molar-refractivity contribution in [3.8, 4) is 16.9 Å². The van der Waals surface area contributed by atoms with Crippen molar-refractivity contribution in [1.29, 1.82) is 0 Å². The van der Waals surface area contributed by atoms with Crippen LogP contribution in [0.2, 0.25) is 5.02 Å². The van der Waals surface area contributed by atoms with Gasteiger partial charge in [0.15, 0.2) is 0 Å². The summed E-state index contributed by atoms with van der Waals surface area (Å²) in [5.41, 5.74) is 5.19. The Morgan fingerprint density at radius 2 is 1.79 bits per heavy atom. The van der Waals surface area contributed by atoms with Gasteiger partial charge in [-0.3, -0.25) is 4.68 Å².